The number of amides is 1. The summed E-state index contributed by atoms with van der Waals surface area (Å²) in [5.41, 5.74) is 0.465. The summed E-state index contributed by atoms with van der Waals surface area (Å²) in [6.07, 6.45) is 2.50. The third-order valence-corrected chi connectivity index (χ3v) is 4.31. The molecular weight excluding hydrogens is 269 g/mol. The summed E-state index contributed by atoms with van der Waals surface area (Å²) in [5, 5.41) is 3.42. The van der Waals surface area contributed by atoms with Crippen molar-refractivity contribution in [2.45, 2.75) is 31.0 Å². The Kier molecular flexibility index (Phi) is 3.71. The van der Waals surface area contributed by atoms with E-state index in [0.29, 0.717) is 6.54 Å². The number of rotatable bonds is 5. The quantitative estimate of drug-likeness (QED) is 0.897. The first-order valence-corrected chi connectivity index (χ1v) is 7.51. The summed E-state index contributed by atoms with van der Waals surface area (Å²) < 4.78 is 13.5. The van der Waals surface area contributed by atoms with Crippen LogP contribution >= 0.6 is 0 Å². The highest BCUT2D eigenvalue weighted by molar-refractivity contribution is 5.92. The van der Waals surface area contributed by atoms with Gasteiger partial charge in [-0.2, -0.15) is 0 Å². The normalized spacial score (nSPS) is 23.3. The first-order valence-electron chi connectivity index (χ1n) is 7.51. The lowest BCUT2D eigenvalue weighted by molar-refractivity contribution is -0.130. The Labute approximate surface area is 124 Å². The molecule has 0 radical (unpaired) electrons. The topological polar surface area (TPSA) is 35.6 Å². The second kappa shape index (κ2) is 5.39. The molecule has 1 N–H and O–H groups in total. The minimum absolute atomic E-state index is 0.176. The highest BCUT2D eigenvalue weighted by Crippen LogP contribution is 2.45. The van der Waals surface area contributed by atoms with Gasteiger partial charge in [0.15, 0.2) is 0 Å². The SMILES string of the molecule is CN(C)CCCN1C(=O)C2(CC2)NC1c1cccc(F)c1. The smallest absolute Gasteiger partial charge is 0.244 e. The average Bonchev–Trinajstić information content (AvgIpc) is 3.16. The number of nitrogens with zero attached hydrogens (tertiary/aromatic N) is 2. The van der Waals surface area contributed by atoms with Crippen LogP contribution in [-0.2, 0) is 4.79 Å². The fourth-order valence-corrected chi connectivity index (χ4v) is 3.00. The predicted molar refractivity (Wildman–Crippen MR) is 79.1 cm³/mol. The minimum atomic E-state index is -0.366. The molecule has 1 atom stereocenters. The van der Waals surface area contributed by atoms with Crippen LogP contribution in [0.3, 0.4) is 0 Å². The summed E-state index contributed by atoms with van der Waals surface area (Å²) in [5.74, 6) is -0.0812. The molecule has 2 fully saturated rings. The van der Waals surface area contributed by atoms with Crippen LogP contribution in [0.2, 0.25) is 0 Å². The number of carbonyl (C=O) groups is 1. The molecule has 0 aromatic heterocycles. The molecule has 1 amide bonds. The first kappa shape index (κ1) is 14.5. The lowest BCUT2D eigenvalue weighted by Gasteiger charge is -2.25. The molecule has 1 aromatic rings. The van der Waals surface area contributed by atoms with Crippen LogP contribution in [0.5, 0.6) is 0 Å². The van der Waals surface area contributed by atoms with Crippen LogP contribution in [0.4, 0.5) is 4.39 Å². The molecule has 114 valence electrons. The van der Waals surface area contributed by atoms with Crippen molar-refractivity contribution in [1.82, 2.24) is 15.1 Å². The third kappa shape index (κ3) is 2.80. The second-order valence-electron chi connectivity index (χ2n) is 6.34. The van der Waals surface area contributed by atoms with Crippen LogP contribution < -0.4 is 5.32 Å². The van der Waals surface area contributed by atoms with E-state index in [1.165, 1.54) is 12.1 Å². The van der Waals surface area contributed by atoms with Gasteiger partial charge in [-0.15, -0.1) is 0 Å². The van der Waals surface area contributed by atoms with E-state index in [1.54, 1.807) is 6.07 Å². The highest BCUT2D eigenvalue weighted by Gasteiger charge is 2.59. The van der Waals surface area contributed by atoms with Gasteiger partial charge in [-0.3, -0.25) is 10.1 Å². The van der Waals surface area contributed by atoms with Crippen molar-refractivity contribution < 1.29 is 9.18 Å². The van der Waals surface area contributed by atoms with Gasteiger partial charge in [-0.1, -0.05) is 12.1 Å². The van der Waals surface area contributed by atoms with Gasteiger partial charge < -0.3 is 9.80 Å². The summed E-state index contributed by atoms with van der Waals surface area (Å²) in [6.45, 7) is 1.64. The van der Waals surface area contributed by atoms with Gasteiger partial charge in [0.25, 0.3) is 0 Å². The number of nitrogens with one attached hydrogen (secondary N) is 1. The molecule has 21 heavy (non-hydrogen) atoms. The molecular formula is C16H22FN3O. The van der Waals surface area contributed by atoms with Crippen molar-refractivity contribution in [2.75, 3.05) is 27.2 Å². The van der Waals surface area contributed by atoms with Crippen LogP contribution in [0.1, 0.15) is 31.0 Å². The maximum absolute atomic E-state index is 13.5. The van der Waals surface area contributed by atoms with Crippen LogP contribution in [0.25, 0.3) is 0 Å². The lowest BCUT2D eigenvalue weighted by atomic mass is 10.1. The Morgan fingerprint density at radius 3 is 2.81 bits per heavy atom. The third-order valence-electron chi connectivity index (χ3n) is 4.31. The molecule has 0 bridgehead atoms. The summed E-state index contributed by atoms with van der Waals surface area (Å²) in [4.78, 5) is 16.6. The molecule has 1 saturated carbocycles. The Bertz CT molecular complexity index is 542. The zero-order chi connectivity index (χ0) is 15.0. The molecule has 1 unspecified atom stereocenters. The van der Waals surface area contributed by atoms with Crippen molar-refractivity contribution >= 4 is 5.91 Å². The highest BCUT2D eigenvalue weighted by atomic mass is 19.1. The molecule has 1 saturated heterocycles. The van der Waals surface area contributed by atoms with E-state index in [1.807, 2.05) is 25.1 Å². The van der Waals surface area contributed by atoms with E-state index >= 15 is 0 Å². The maximum Gasteiger partial charge on any atom is 0.244 e. The molecule has 2 aliphatic rings. The fourth-order valence-electron chi connectivity index (χ4n) is 3.00. The molecule has 3 rings (SSSR count). The van der Waals surface area contributed by atoms with E-state index < -0.39 is 0 Å². The van der Waals surface area contributed by atoms with Gasteiger partial charge in [0, 0.05) is 6.54 Å². The number of benzene rings is 1. The van der Waals surface area contributed by atoms with Crippen LogP contribution in [0, 0.1) is 5.82 Å². The van der Waals surface area contributed by atoms with Gasteiger partial charge in [0.05, 0.1) is 0 Å². The minimum Gasteiger partial charge on any atom is -0.321 e. The fraction of sp³-hybridized carbons (Fsp3) is 0.562. The Morgan fingerprint density at radius 2 is 2.19 bits per heavy atom. The van der Waals surface area contributed by atoms with Crippen molar-refractivity contribution in [3.05, 3.63) is 35.6 Å². The van der Waals surface area contributed by atoms with Gasteiger partial charge in [0.2, 0.25) is 5.91 Å². The molecule has 1 spiro atoms. The maximum atomic E-state index is 13.5. The number of hydrogen-bond acceptors (Lipinski definition) is 3. The average molecular weight is 291 g/mol. The van der Waals surface area contributed by atoms with E-state index in [2.05, 4.69) is 10.2 Å². The van der Waals surface area contributed by atoms with E-state index in [0.717, 1.165) is 31.4 Å². The molecule has 1 aliphatic carbocycles. The predicted octanol–water partition coefficient (Wildman–Crippen LogP) is 1.74. The zero-order valence-corrected chi connectivity index (χ0v) is 12.6. The van der Waals surface area contributed by atoms with Crippen molar-refractivity contribution in [3.63, 3.8) is 0 Å². The van der Waals surface area contributed by atoms with Gasteiger partial charge in [-0.25, -0.2) is 4.39 Å². The number of carbonyl (C=O) groups excluding carboxylic acids is 1. The molecule has 1 aliphatic heterocycles. The molecule has 1 aromatic carbocycles. The zero-order valence-electron chi connectivity index (χ0n) is 12.6. The van der Waals surface area contributed by atoms with Crippen LogP contribution in [-0.4, -0.2) is 48.4 Å². The Hall–Kier alpha value is -1.46. The van der Waals surface area contributed by atoms with Gasteiger partial charge in [-0.05, 0) is 57.6 Å². The molecule has 4 nitrogen and oxygen atoms in total. The largest absolute Gasteiger partial charge is 0.321 e. The standard InChI is InChI=1S/C16H22FN3O/c1-19(2)9-4-10-20-14(12-5-3-6-13(17)11-12)18-16(7-8-16)15(20)21/h3,5-6,11,14,18H,4,7-10H2,1-2H3. The molecule has 1 heterocycles. The van der Waals surface area contributed by atoms with Crippen molar-refractivity contribution in [1.29, 1.82) is 0 Å². The van der Waals surface area contributed by atoms with Crippen LogP contribution in [0.15, 0.2) is 24.3 Å². The second-order valence-corrected chi connectivity index (χ2v) is 6.34. The summed E-state index contributed by atoms with van der Waals surface area (Å²) >= 11 is 0. The van der Waals surface area contributed by atoms with E-state index in [4.69, 9.17) is 0 Å². The van der Waals surface area contributed by atoms with Gasteiger partial charge >= 0.3 is 0 Å². The van der Waals surface area contributed by atoms with E-state index in [9.17, 15) is 9.18 Å². The Balaban J connectivity index is 1.78. The summed E-state index contributed by atoms with van der Waals surface area (Å²) in [6, 6.07) is 6.54. The van der Waals surface area contributed by atoms with Gasteiger partial charge in [0.1, 0.15) is 17.5 Å². The Morgan fingerprint density at radius 1 is 1.43 bits per heavy atom. The van der Waals surface area contributed by atoms with E-state index in [-0.39, 0.29) is 23.4 Å². The van der Waals surface area contributed by atoms with Crippen molar-refractivity contribution in [3.8, 4) is 0 Å². The number of halogens is 1. The number of hydrogen-bond donors (Lipinski definition) is 1. The summed E-state index contributed by atoms with van der Waals surface area (Å²) in [7, 11) is 4.05. The van der Waals surface area contributed by atoms with Crippen molar-refractivity contribution in [2.24, 2.45) is 0 Å². The first-order chi connectivity index (χ1) is 10.0. The molecule has 5 heteroatoms. The monoisotopic (exact) mass is 291 g/mol. The lowest BCUT2D eigenvalue weighted by Crippen LogP contribution is -2.34.